The molecule has 5 nitrogen and oxygen atoms in total. The average Bonchev–Trinajstić information content (AvgIpc) is 2.30. The Balaban J connectivity index is 3.20. The first kappa shape index (κ1) is 14.2. The molecule has 0 amide bonds. The molecule has 0 spiro atoms. The highest BCUT2D eigenvalue weighted by Crippen LogP contribution is 2.23. The van der Waals surface area contributed by atoms with Crippen LogP contribution in [-0.2, 0) is 10.0 Å². The third-order valence-electron chi connectivity index (χ3n) is 2.40. The van der Waals surface area contributed by atoms with Gasteiger partial charge < -0.3 is 5.32 Å². The summed E-state index contributed by atoms with van der Waals surface area (Å²) in [7, 11) is -1.82. The summed E-state index contributed by atoms with van der Waals surface area (Å²) in [6, 6.07) is 1.41. The van der Waals surface area contributed by atoms with Gasteiger partial charge in [0.05, 0.1) is 5.02 Å². The van der Waals surface area contributed by atoms with E-state index in [0.717, 1.165) is 0 Å². The molecule has 1 aromatic rings. The van der Waals surface area contributed by atoms with Crippen LogP contribution in [0.4, 0.5) is 5.82 Å². The van der Waals surface area contributed by atoms with Crippen LogP contribution < -0.4 is 5.32 Å². The van der Waals surface area contributed by atoms with Crippen molar-refractivity contribution in [2.75, 3.05) is 25.5 Å². The van der Waals surface area contributed by atoms with Crippen LogP contribution in [0.2, 0.25) is 5.02 Å². The highest BCUT2D eigenvalue weighted by molar-refractivity contribution is 7.89. The van der Waals surface area contributed by atoms with Gasteiger partial charge in [-0.3, -0.25) is 0 Å². The van der Waals surface area contributed by atoms with E-state index in [1.807, 2.05) is 0 Å². The first-order valence-corrected chi connectivity index (χ1v) is 7.12. The summed E-state index contributed by atoms with van der Waals surface area (Å²) in [5.74, 6) is 0.463. The predicted octanol–water partition coefficient (Wildman–Crippen LogP) is 1.81. The Morgan fingerprint density at radius 2 is 2.00 bits per heavy atom. The van der Waals surface area contributed by atoms with Gasteiger partial charge in [-0.15, -0.1) is 0 Å². The van der Waals surface area contributed by atoms with Crippen molar-refractivity contribution in [1.82, 2.24) is 9.29 Å². The molecule has 1 heterocycles. The van der Waals surface area contributed by atoms with Gasteiger partial charge in [0.15, 0.2) is 0 Å². The maximum atomic E-state index is 12.2. The van der Waals surface area contributed by atoms with E-state index in [9.17, 15) is 8.42 Å². The van der Waals surface area contributed by atoms with E-state index in [-0.39, 0.29) is 4.90 Å². The van der Waals surface area contributed by atoms with E-state index in [4.69, 9.17) is 11.6 Å². The zero-order chi connectivity index (χ0) is 13.1. The minimum Gasteiger partial charge on any atom is -0.372 e. The Kier molecular flexibility index (Phi) is 4.73. The summed E-state index contributed by atoms with van der Waals surface area (Å²) < 4.78 is 25.7. The van der Waals surface area contributed by atoms with Crippen LogP contribution in [0.1, 0.15) is 13.8 Å². The molecule has 0 aliphatic rings. The number of halogens is 1. The maximum absolute atomic E-state index is 12.2. The SMILES string of the molecule is CCN(CC)S(=O)(=O)c1cnc(NC)c(Cl)c1. The van der Waals surface area contributed by atoms with Crippen LogP contribution in [0.15, 0.2) is 17.2 Å². The van der Waals surface area contributed by atoms with Crippen molar-refractivity contribution < 1.29 is 8.42 Å². The Labute approximate surface area is 107 Å². The van der Waals surface area contributed by atoms with E-state index in [0.29, 0.717) is 23.9 Å². The van der Waals surface area contributed by atoms with E-state index in [1.165, 1.54) is 16.6 Å². The smallest absolute Gasteiger partial charge is 0.244 e. The fraction of sp³-hybridized carbons (Fsp3) is 0.500. The minimum absolute atomic E-state index is 0.116. The summed E-state index contributed by atoms with van der Waals surface area (Å²) in [5, 5.41) is 3.07. The second-order valence-electron chi connectivity index (χ2n) is 3.34. The van der Waals surface area contributed by atoms with Crippen molar-refractivity contribution in [3.8, 4) is 0 Å². The van der Waals surface area contributed by atoms with Crippen molar-refractivity contribution in [2.24, 2.45) is 0 Å². The highest BCUT2D eigenvalue weighted by Gasteiger charge is 2.22. The number of aromatic nitrogens is 1. The molecule has 0 saturated heterocycles. The van der Waals surface area contributed by atoms with Gasteiger partial charge in [0.1, 0.15) is 10.7 Å². The Morgan fingerprint density at radius 1 is 1.41 bits per heavy atom. The molecule has 1 aromatic heterocycles. The third-order valence-corrected chi connectivity index (χ3v) is 4.70. The van der Waals surface area contributed by atoms with Crippen LogP contribution in [0.25, 0.3) is 0 Å². The van der Waals surface area contributed by atoms with Crippen molar-refractivity contribution in [2.45, 2.75) is 18.7 Å². The molecule has 0 radical (unpaired) electrons. The fourth-order valence-electron chi connectivity index (χ4n) is 1.46. The maximum Gasteiger partial charge on any atom is 0.244 e. The van der Waals surface area contributed by atoms with Gasteiger partial charge in [-0.25, -0.2) is 13.4 Å². The van der Waals surface area contributed by atoms with Crippen LogP contribution in [0.5, 0.6) is 0 Å². The summed E-state index contributed by atoms with van der Waals surface area (Å²) in [6.07, 6.45) is 1.31. The fourth-order valence-corrected chi connectivity index (χ4v) is 3.21. The second kappa shape index (κ2) is 5.66. The molecule has 0 aromatic carbocycles. The molecule has 96 valence electrons. The van der Waals surface area contributed by atoms with E-state index in [2.05, 4.69) is 10.3 Å². The standard InChI is InChI=1S/C10H16ClN3O2S/c1-4-14(5-2)17(15,16)8-6-9(11)10(12-3)13-7-8/h6-7H,4-5H2,1-3H3,(H,12,13). The lowest BCUT2D eigenvalue weighted by molar-refractivity contribution is 0.445. The third kappa shape index (κ3) is 2.88. The molecule has 0 unspecified atom stereocenters. The molecule has 0 atom stereocenters. The number of rotatable bonds is 5. The monoisotopic (exact) mass is 277 g/mol. The Hall–Kier alpha value is -0.850. The van der Waals surface area contributed by atoms with Crippen molar-refractivity contribution >= 4 is 27.4 Å². The number of nitrogens with one attached hydrogen (secondary N) is 1. The molecule has 7 heteroatoms. The molecule has 0 saturated carbocycles. The zero-order valence-electron chi connectivity index (χ0n) is 10.1. The van der Waals surface area contributed by atoms with E-state index < -0.39 is 10.0 Å². The van der Waals surface area contributed by atoms with Crippen LogP contribution in [0.3, 0.4) is 0 Å². The molecule has 0 fully saturated rings. The lowest BCUT2D eigenvalue weighted by Gasteiger charge is -2.18. The number of pyridine rings is 1. The first-order chi connectivity index (χ1) is 7.97. The molecule has 1 N–H and O–H groups in total. The van der Waals surface area contributed by atoms with Gasteiger partial charge in [-0.05, 0) is 6.07 Å². The van der Waals surface area contributed by atoms with Gasteiger partial charge in [-0.2, -0.15) is 4.31 Å². The van der Waals surface area contributed by atoms with Gasteiger partial charge in [0.2, 0.25) is 10.0 Å². The number of anilines is 1. The molecule has 17 heavy (non-hydrogen) atoms. The molecule has 1 rings (SSSR count). The topological polar surface area (TPSA) is 62.3 Å². The summed E-state index contributed by atoms with van der Waals surface area (Å²) in [6.45, 7) is 4.42. The largest absolute Gasteiger partial charge is 0.372 e. The number of hydrogen-bond acceptors (Lipinski definition) is 4. The second-order valence-corrected chi connectivity index (χ2v) is 5.69. The lowest BCUT2D eigenvalue weighted by Crippen LogP contribution is -2.30. The minimum atomic E-state index is -3.49. The molecule has 0 bridgehead atoms. The van der Waals surface area contributed by atoms with Crippen LogP contribution in [0, 0.1) is 0 Å². The first-order valence-electron chi connectivity index (χ1n) is 5.30. The molecule has 0 aliphatic carbocycles. The summed E-state index contributed by atoms with van der Waals surface area (Å²) in [4.78, 5) is 4.08. The van der Waals surface area contributed by atoms with Crippen molar-refractivity contribution in [3.05, 3.63) is 17.3 Å². The van der Waals surface area contributed by atoms with E-state index >= 15 is 0 Å². The van der Waals surface area contributed by atoms with E-state index in [1.54, 1.807) is 20.9 Å². The zero-order valence-corrected chi connectivity index (χ0v) is 11.6. The van der Waals surface area contributed by atoms with Gasteiger partial charge in [0.25, 0.3) is 0 Å². The van der Waals surface area contributed by atoms with Gasteiger partial charge in [-0.1, -0.05) is 25.4 Å². The predicted molar refractivity (Wildman–Crippen MR) is 68.9 cm³/mol. The van der Waals surface area contributed by atoms with Crippen molar-refractivity contribution in [3.63, 3.8) is 0 Å². The van der Waals surface area contributed by atoms with Gasteiger partial charge >= 0.3 is 0 Å². The lowest BCUT2D eigenvalue weighted by atomic mass is 10.4. The summed E-state index contributed by atoms with van der Waals surface area (Å²) in [5.41, 5.74) is 0. The molecular weight excluding hydrogens is 262 g/mol. The molecular formula is C10H16ClN3O2S. The average molecular weight is 278 g/mol. The van der Waals surface area contributed by atoms with Gasteiger partial charge in [0, 0.05) is 26.3 Å². The number of nitrogens with zero attached hydrogens (tertiary/aromatic N) is 2. The number of sulfonamides is 1. The van der Waals surface area contributed by atoms with Crippen molar-refractivity contribution in [1.29, 1.82) is 0 Å². The summed E-state index contributed by atoms with van der Waals surface area (Å²) >= 11 is 5.92. The van der Waals surface area contributed by atoms with Crippen LogP contribution >= 0.6 is 11.6 Å². The normalized spacial score (nSPS) is 11.8. The van der Waals surface area contributed by atoms with Crippen LogP contribution in [-0.4, -0.2) is 37.8 Å². The molecule has 0 aliphatic heterocycles. The Morgan fingerprint density at radius 3 is 2.41 bits per heavy atom. The number of hydrogen-bond donors (Lipinski definition) is 1. The Bertz CT molecular complexity index is 486. The highest BCUT2D eigenvalue weighted by atomic mass is 35.5. The quantitative estimate of drug-likeness (QED) is 0.892.